The molecular weight excluding hydrogens is 520 g/mol. The summed E-state index contributed by atoms with van der Waals surface area (Å²) < 4.78 is 1.04. The van der Waals surface area contributed by atoms with E-state index >= 15 is 0 Å². The zero-order chi connectivity index (χ0) is 26.4. The van der Waals surface area contributed by atoms with Crippen LogP contribution in [0.5, 0.6) is 11.5 Å². The molecule has 1 aliphatic heterocycles. The van der Waals surface area contributed by atoms with E-state index in [9.17, 15) is 19.8 Å². The number of fused-ring (bicyclic) bond motifs is 2. The van der Waals surface area contributed by atoms with Gasteiger partial charge in [-0.25, -0.2) is 5.01 Å². The van der Waals surface area contributed by atoms with Crippen molar-refractivity contribution < 1.29 is 15.0 Å². The van der Waals surface area contributed by atoms with Crippen LogP contribution in [-0.2, 0) is 4.79 Å². The lowest BCUT2D eigenvalue weighted by molar-refractivity contribution is -0.117. The van der Waals surface area contributed by atoms with Crippen LogP contribution in [0, 0.1) is 4.77 Å². The molecule has 1 saturated heterocycles. The van der Waals surface area contributed by atoms with Crippen LogP contribution in [0.1, 0.15) is 22.2 Å². The number of phenols is 2. The van der Waals surface area contributed by atoms with Gasteiger partial charge in [0.1, 0.15) is 16.9 Å². The van der Waals surface area contributed by atoms with Crippen LogP contribution in [0.3, 0.4) is 0 Å². The van der Waals surface area contributed by atoms with Gasteiger partial charge in [0.05, 0.1) is 5.75 Å². The highest BCUT2D eigenvalue weighted by Crippen LogP contribution is 2.44. The fourth-order valence-electron chi connectivity index (χ4n) is 4.71. The van der Waals surface area contributed by atoms with Gasteiger partial charge < -0.3 is 10.2 Å². The number of nitrogens with zero attached hydrogens (tertiary/aromatic N) is 3. The van der Waals surface area contributed by atoms with Gasteiger partial charge in [0.2, 0.25) is 4.77 Å². The Morgan fingerprint density at radius 1 is 0.895 bits per heavy atom. The Morgan fingerprint density at radius 2 is 1.55 bits per heavy atom. The van der Waals surface area contributed by atoms with Crippen LogP contribution in [0.2, 0.25) is 0 Å². The van der Waals surface area contributed by atoms with Crippen LogP contribution in [-0.4, -0.2) is 36.7 Å². The largest absolute Gasteiger partial charge is 0.508 e. The van der Waals surface area contributed by atoms with Crippen molar-refractivity contribution in [3.63, 3.8) is 0 Å². The molecule has 0 bridgehead atoms. The normalized spacial score (nSPS) is 15.7. The highest BCUT2D eigenvalue weighted by molar-refractivity contribution is 8.00. The van der Waals surface area contributed by atoms with E-state index in [-0.39, 0.29) is 33.6 Å². The van der Waals surface area contributed by atoms with Crippen molar-refractivity contribution in [2.24, 2.45) is 0 Å². The molecule has 1 aliphatic rings. The molecule has 3 N–H and O–H groups in total. The van der Waals surface area contributed by atoms with E-state index in [2.05, 4.69) is 10.2 Å². The Morgan fingerprint density at radius 3 is 2.32 bits per heavy atom. The quantitative estimate of drug-likeness (QED) is 0.272. The van der Waals surface area contributed by atoms with E-state index in [0.717, 1.165) is 26.2 Å². The van der Waals surface area contributed by atoms with Gasteiger partial charge in [-0.05, 0) is 58.0 Å². The highest BCUT2D eigenvalue weighted by Gasteiger charge is 2.38. The molecule has 0 aliphatic carbocycles. The summed E-state index contributed by atoms with van der Waals surface area (Å²) in [6, 6.07) is 21.9. The summed E-state index contributed by atoms with van der Waals surface area (Å²) in [4.78, 5) is 26.8. The summed E-state index contributed by atoms with van der Waals surface area (Å²) in [5.41, 5.74) is 0.446. The van der Waals surface area contributed by atoms with Crippen molar-refractivity contribution in [3.05, 3.63) is 105 Å². The van der Waals surface area contributed by atoms with Crippen molar-refractivity contribution >= 4 is 63.6 Å². The second-order valence-corrected chi connectivity index (χ2v) is 10.2. The van der Waals surface area contributed by atoms with Crippen LogP contribution in [0.4, 0.5) is 0 Å². The molecule has 0 radical (unpaired) electrons. The van der Waals surface area contributed by atoms with Crippen LogP contribution in [0.25, 0.3) is 33.7 Å². The Kier molecular flexibility index (Phi) is 5.97. The average Bonchev–Trinajstić information content (AvgIpc) is 3.29. The Hall–Kier alpha value is -4.41. The number of carbonyl (C=O) groups is 1. The maximum atomic E-state index is 13.7. The topological polar surface area (TPSA) is 111 Å². The van der Waals surface area contributed by atoms with Crippen LogP contribution >= 0.6 is 24.0 Å². The van der Waals surface area contributed by atoms with Gasteiger partial charge in [-0.2, -0.15) is 9.77 Å². The van der Waals surface area contributed by atoms with E-state index in [0.29, 0.717) is 11.1 Å². The van der Waals surface area contributed by atoms with Gasteiger partial charge in [-0.3, -0.25) is 14.7 Å². The molecule has 1 unspecified atom stereocenters. The Balaban J connectivity index is 1.47. The molecule has 1 amide bonds. The predicted octanol–water partition coefficient (Wildman–Crippen LogP) is 5.10. The molecule has 4 aromatic carbocycles. The number of aromatic amines is 1. The maximum absolute atomic E-state index is 13.7. The number of thioether (sulfide) groups is 1. The van der Waals surface area contributed by atoms with Crippen molar-refractivity contribution in [1.29, 1.82) is 0 Å². The number of hydrogen-bond acceptors (Lipinski definition) is 7. The number of rotatable bonds is 4. The summed E-state index contributed by atoms with van der Waals surface area (Å²) in [5.74, 6) is -0.153. The van der Waals surface area contributed by atoms with E-state index in [4.69, 9.17) is 12.2 Å². The van der Waals surface area contributed by atoms with Gasteiger partial charge in [0.15, 0.2) is 5.69 Å². The highest BCUT2D eigenvalue weighted by atomic mass is 32.2. The van der Waals surface area contributed by atoms with Crippen molar-refractivity contribution in [3.8, 4) is 11.5 Å². The molecule has 5 aromatic rings. The molecule has 38 heavy (non-hydrogen) atoms. The summed E-state index contributed by atoms with van der Waals surface area (Å²) in [5, 5.41) is 32.1. The van der Waals surface area contributed by atoms with E-state index in [1.165, 1.54) is 22.8 Å². The van der Waals surface area contributed by atoms with Crippen LogP contribution in [0.15, 0.2) is 77.6 Å². The summed E-state index contributed by atoms with van der Waals surface area (Å²) >= 11 is 6.69. The minimum Gasteiger partial charge on any atom is -0.508 e. The SMILES string of the molecule is O=C1CSC(c2c(O)ccc3ccccc23)N1n1c(=S)[nH]nc(C=Cc2c(O)ccc3ccccc23)c1=O. The number of nitrogens with one attached hydrogen (secondary N) is 1. The van der Waals surface area contributed by atoms with Crippen molar-refractivity contribution in [1.82, 2.24) is 14.9 Å². The lowest BCUT2D eigenvalue weighted by Gasteiger charge is -2.26. The summed E-state index contributed by atoms with van der Waals surface area (Å²) in [6.07, 6.45) is 3.08. The summed E-state index contributed by atoms with van der Waals surface area (Å²) in [6.45, 7) is 0. The molecule has 8 nitrogen and oxygen atoms in total. The Labute approximate surface area is 225 Å². The number of amides is 1. The first-order valence-corrected chi connectivity index (χ1v) is 13.1. The first-order chi connectivity index (χ1) is 18.4. The van der Waals surface area contributed by atoms with Crippen LogP contribution < -0.4 is 10.6 Å². The van der Waals surface area contributed by atoms with E-state index < -0.39 is 10.9 Å². The minimum absolute atomic E-state index is 0.00322. The minimum atomic E-state index is -0.692. The van der Waals surface area contributed by atoms with Crippen molar-refractivity contribution in [2.75, 3.05) is 10.8 Å². The number of carbonyl (C=O) groups excluding carboxylic acids is 1. The third-order valence-electron chi connectivity index (χ3n) is 6.48. The van der Waals surface area contributed by atoms with E-state index in [1.54, 1.807) is 24.3 Å². The molecule has 188 valence electrons. The van der Waals surface area contributed by atoms with Gasteiger partial charge in [0.25, 0.3) is 11.5 Å². The first kappa shape index (κ1) is 24.0. The van der Waals surface area contributed by atoms with Gasteiger partial charge >= 0.3 is 0 Å². The molecule has 0 spiro atoms. The summed E-state index contributed by atoms with van der Waals surface area (Å²) in [7, 11) is 0. The lowest BCUT2D eigenvalue weighted by Crippen LogP contribution is -2.46. The molecule has 1 aromatic heterocycles. The Bertz CT molecular complexity index is 1900. The molecule has 1 fully saturated rings. The predicted molar refractivity (Wildman–Crippen MR) is 152 cm³/mol. The average molecular weight is 541 g/mol. The molecule has 6 rings (SSSR count). The number of benzene rings is 4. The second kappa shape index (κ2) is 9.47. The molecular formula is C28H20N4O4S2. The number of phenolic OH excluding ortho intramolecular Hbond substituents is 2. The number of aromatic nitrogens is 3. The first-order valence-electron chi connectivity index (χ1n) is 11.7. The van der Waals surface area contributed by atoms with Gasteiger partial charge in [0, 0.05) is 11.1 Å². The fraction of sp³-hybridized carbons (Fsp3) is 0.0714. The third-order valence-corrected chi connectivity index (χ3v) is 7.91. The monoisotopic (exact) mass is 540 g/mol. The fourth-order valence-corrected chi connectivity index (χ4v) is 6.13. The molecule has 1 atom stereocenters. The molecule has 0 saturated carbocycles. The van der Waals surface area contributed by atoms with E-state index in [1.807, 2.05) is 54.6 Å². The standard InChI is InChI=1S/C28H20N4O4S2/c33-22-13-9-16-5-1-3-7-18(16)20(22)11-12-21-26(36)32(28(37)30-29-21)31-24(35)15-38-27(31)25-19-8-4-2-6-17(19)10-14-23(25)34/h1-14,27,33-34H,15H2,(H,30,37). The van der Waals surface area contributed by atoms with Gasteiger partial charge in [-0.15, -0.1) is 11.8 Å². The van der Waals surface area contributed by atoms with Crippen molar-refractivity contribution in [2.45, 2.75) is 5.37 Å². The zero-order valence-electron chi connectivity index (χ0n) is 19.7. The zero-order valence-corrected chi connectivity index (χ0v) is 21.4. The smallest absolute Gasteiger partial charge is 0.299 e. The number of hydrogen-bond donors (Lipinski definition) is 3. The second-order valence-electron chi connectivity index (χ2n) is 8.70. The number of H-pyrrole nitrogens is 1. The molecule has 2 heterocycles. The van der Waals surface area contributed by atoms with Gasteiger partial charge in [-0.1, -0.05) is 60.7 Å². The maximum Gasteiger partial charge on any atom is 0.299 e. The number of aromatic hydroxyl groups is 2. The third kappa shape index (κ3) is 3.94. The molecule has 10 heteroatoms. The lowest BCUT2D eigenvalue weighted by atomic mass is 10.0.